The summed E-state index contributed by atoms with van der Waals surface area (Å²) >= 11 is 5.94. The third-order valence-electron chi connectivity index (χ3n) is 2.22. The maximum Gasteiger partial charge on any atom is 0.177 e. The fourth-order valence-electron chi connectivity index (χ4n) is 1.45. The number of imidazole rings is 1. The first-order valence-corrected chi connectivity index (χ1v) is 5.65. The van der Waals surface area contributed by atoms with Crippen LogP contribution in [0.15, 0.2) is 48.3 Å². The van der Waals surface area contributed by atoms with Crippen molar-refractivity contribution in [2.75, 3.05) is 12.4 Å². The van der Waals surface area contributed by atoms with Gasteiger partial charge in [0.05, 0.1) is 5.69 Å². The standard InChI is InChI=1S/C12H12ClN5/c1-3-4-5-11(14-2)16-9-8-10(13)17-18-7-6-15-12(9)18/h3-8H,1H2,2H3,(H,14,16)/b5-4-. The van der Waals surface area contributed by atoms with E-state index in [-0.39, 0.29) is 0 Å². The first-order chi connectivity index (χ1) is 8.74. The maximum absolute atomic E-state index is 5.94. The number of anilines is 1. The van der Waals surface area contributed by atoms with Crippen molar-refractivity contribution < 1.29 is 0 Å². The van der Waals surface area contributed by atoms with E-state index in [1.807, 2.05) is 0 Å². The zero-order valence-electron chi connectivity index (χ0n) is 9.84. The molecule has 0 aliphatic rings. The Morgan fingerprint density at radius 2 is 2.44 bits per heavy atom. The third-order valence-corrected chi connectivity index (χ3v) is 2.41. The van der Waals surface area contributed by atoms with Gasteiger partial charge in [-0.1, -0.05) is 30.3 Å². The van der Waals surface area contributed by atoms with Crippen LogP contribution in [-0.4, -0.2) is 27.5 Å². The second-order valence-electron chi connectivity index (χ2n) is 3.40. The Morgan fingerprint density at radius 1 is 1.61 bits per heavy atom. The average molecular weight is 262 g/mol. The molecule has 2 heterocycles. The first kappa shape index (κ1) is 12.3. The number of aliphatic imine (C=N–C) groups is 1. The topological polar surface area (TPSA) is 54.6 Å². The SMILES string of the molecule is C=C/C=C\C(=NC)Nc1cc(Cl)nn2ccnc12. The van der Waals surface area contributed by atoms with Gasteiger partial charge >= 0.3 is 0 Å². The number of fused-ring (bicyclic) bond motifs is 1. The van der Waals surface area contributed by atoms with Gasteiger partial charge in [0, 0.05) is 25.5 Å². The smallest absolute Gasteiger partial charge is 0.177 e. The second kappa shape index (κ2) is 5.46. The first-order valence-electron chi connectivity index (χ1n) is 5.27. The number of hydrogen-bond acceptors (Lipinski definition) is 3. The summed E-state index contributed by atoms with van der Waals surface area (Å²) in [5.74, 6) is 0.682. The molecule has 0 unspecified atom stereocenters. The summed E-state index contributed by atoms with van der Waals surface area (Å²) in [6, 6.07) is 1.71. The molecule has 2 rings (SSSR count). The molecule has 6 heteroatoms. The third kappa shape index (κ3) is 2.57. The molecule has 2 aromatic rings. The highest BCUT2D eigenvalue weighted by Crippen LogP contribution is 2.18. The molecule has 0 saturated heterocycles. The number of hydrogen-bond donors (Lipinski definition) is 1. The fraction of sp³-hybridized carbons (Fsp3) is 0.0833. The van der Waals surface area contributed by atoms with E-state index in [0.717, 1.165) is 5.69 Å². The largest absolute Gasteiger partial charge is 0.337 e. The van der Waals surface area contributed by atoms with Crippen molar-refractivity contribution in [2.24, 2.45) is 4.99 Å². The van der Waals surface area contributed by atoms with Gasteiger partial charge in [-0.3, -0.25) is 4.99 Å². The highest BCUT2D eigenvalue weighted by Gasteiger charge is 2.06. The Hall–Kier alpha value is -2.14. The molecule has 0 aliphatic heterocycles. The maximum atomic E-state index is 5.94. The van der Waals surface area contributed by atoms with Gasteiger partial charge < -0.3 is 5.32 Å². The summed E-state index contributed by atoms with van der Waals surface area (Å²) in [5, 5.41) is 7.62. The van der Waals surface area contributed by atoms with Crippen molar-refractivity contribution in [2.45, 2.75) is 0 Å². The van der Waals surface area contributed by atoms with Gasteiger partial charge in [-0.2, -0.15) is 5.10 Å². The minimum Gasteiger partial charge on any atom is -0.337 e. The lowest BCUT2D eigenvalue weighted by molar-refractivity contribution is 0.938. The van der Waals surface area contributed by atoms with Crippen molar-refractivity contribution in [3.63, 3.8) is 0 Å². The molecule has 0 radical (unpaired) electrons. The molecule has 2 aromatic heterocycles. The number of rotatable bonds is 3. The summed E-state index contributed by atoms with van der Waals surface area (Å²) < 4.78 is 1.61. The highest BCUT2D eigenvalue weighted by atomic mass is 35.5. The van der Waals surface area contributed by atoms with Crippen LogP contribution in [0.25, 0.3) is 5.65 Å². The van der Waals surface area contributed by atoms with Crippen LogP contribution < -0.4 is 5.32 Å². The van der Waals surface area contributed by atoms with E-state index in [1.165, 1.54) is 0 Å². The zero-order valence-corrected chi connectivity index (χ0v) is 10.6. The molecule has 0 bridgehead atoms. The van der Waals surface area contributed by atoms with E-state index in [9.17, 15) is 0 Å². The highest BCUT2D eigenvalue weighted by molar-refractivity contribution is 6.29. The predicted molar refractivity (Wildman–Crippen MR) is 74.3 cm³/mol. The summed E-state index contributed by atoms with van der Waals surface area (Å²) in [6.45, 7) is 3.61. The molecule has 1 N–H and O–H groups in total. The van der Waals surface area contributed by atoms with Crippen LogP contribution in [0.5, 0.6) is 0 Å². The van der Waals surface area contributed by atoms with E-state index in [2.05, 4.69) is 27.0 Å². The number of aromatic nitrogens is 3. The van der Waals surface area contributed by atoms with Crippen molar-refractivity contribution >= 4 is 28.8 Å². The Bertz CT molecular complexity index is 626. The molecule has 0 fully saturated rings. The van der Waals surface area contributed by atoms with Gasteiger partial charge in [0.2, 0.25) is 0 Å². The minimum absolute atomic E-state index is 0.381. The van der Waals surface area contributed by atoms with Crippen LogP contribution in [-0.2, 0) is 0 Å². The molecular formula is C12H12ClN5. The Kier molecular flexibility index (Phi) is 3.74. The minimum atomic E-state index is 0.381. The van der Waals surface area contributed by atoms with E-state index < -0.39 is 0 Å². The molecule has 0 aromatic carbocycles. The lowest BCUT2D eigenvalue weighted by Crippen LogP contribution is -2.10. The molecule has 18 heavy (non-hydrogen) atoms. The van der Waals surface area contributed by atoms with Crippen LogP contribution in [0.4, 0.5) is 5.69 Å². The van der Waals surface area contributed by atoms with Gasteiger partial charge in [0.15, 0.2) is 10.8 Å². The van der Waals surface area contributed by atoms with Crippen molar-refractivity contribution in [1.29, 1.82) is 0 Å². The number of amidine groups is 1. The number of halogens is 1. The predicted octanol–water partition coefficient (Wildman–Crippen LogP) is 2.57. The molecule has 92 valence electrons. The quantitative estimate of drug-likeness (QED) is 0.525. The van der Waals surface area contributed by atoms with Gasteiger partial charge in [-0.05, 0) is 6.08 Å². The molecule has 0 amide bonds. The molecular weight excluding hydrogens is 250 g/mol. The van der Waals surface area contributed by atoms with E-state index in [1.54, 1.807) is 48.3 Å². The van der Waals surface area contributed by atoms with Crippen molar-refractivity contribution in [3.8, 4) is 0 Å². The van der Waals surface area contributed by atoms with Crippen molar-refractivity contribution in [1.82, 2.24) is 14.6 Å². The lowest BCUT2D eigenvalue weighted by Gasteiger charge is -2.07. The molecule has 0 spiro atoms. The fourth-order valence-corrected chi connectivity index (χ4v) is 1.64. The Labute approximate surface area is 110 Å². The normalized spacial score (nSPS) is 12.2. The van der Waals surface area contributed by atoms with Gasteiger partial charge in [-0.25, -0.2) is 9.50 Å². The Morgan fingerprint density at radius 3 is 3.17 bits per heavy atom. The number of allylic oxidation sites excluding steroid dienone is 2. The van der Waals surface area contributed by atoms with Crippen LogP contribution in [0.1, 0.15) is 0 Å². The van der Waals surface area contributed by atoms with Crippen LogP contribution in [0.2, 0.25) is 5.15 Å². The lowest BCUT2D eigenvalue weighted by atomic mass is 10.4. The molecule has 0 saturated carbocycles. The number of nitrogens with zero attached hydrogens (tertiary/aromatic N) is 4. The van der Waals surface area contributed by atoms with Crippen LogP contribution in [0.3, 0.4) is 0 Å². The zero-order chi connectivity index (χ0) is 13.0. The van der Waals surface area contributed by atoms with Crippen LogP contribution in [0, 0.1) is 0 Å². The van der Waals surface area contributed by atoms with Gasteiger partial charge in [-0.15, -0.1) is 0 Å². The molecule has 0 aliphatic carbocycles. The van der Waals surface area contributed by atoms with E-state index in [4.69, 9.17) is 11.6 Å². The van der Waals surface area contributed by atoms with Crippen LogP contribution >= 0.6 is 11.6 Å². The van der Waals surface area contributed by atoms with Gasteiger partial charge in [0.25, 0.3) is 0 Å². The summed E-state index contributed by atoms with van der Waals surface area (Å²) in [7, 11) is 1.70. The summed E-state index contributed by atoms with van der Waals surface area (Å²) in [5.41, 5.74) is 1.43. The monoisotopic (exact) mass is 261 g/mol. The van der Waals surface area contributed by atoms with E-state index in [0.29, 0.717) is 16.6 Å². The van der Waals surface area contributed by atoms with Gasteiger partial charge in [0.1, 0.15) is 5.84 Å². The second-order valence-corrected chi connectivity index (χ2v) is 3.79. The van der Waals surface area contributed by atoms with Crippen molar-refractivity contribution in [3.05, 3.63) is 48.4 Å². The van der Waals surface area contributed by atoms with E-state index >= 15 is 0 Å². The molecule has 0 atom stereocenters. The Balaban J connectivity index is 2.38. The summed E-state index contributed by atoms with van der Waals surface area (Å²) in [4.78, 5) is 8.32. The average Bonchev–Trinajstić information content (AvgIpc) is 2.82. The number of nitrogens with one attached hydrogen (secondary N) is 1. The summed E-state index contributed by atoms with van der Waals surface area (Å²) in [6.07, 6.45) is 8.67. The molecule has 5 nitrogen and oxygen atoms in total.